The van der Waals surface area contributed by atoms with Crippen LogP contribution in [0.5, 0.6) is 0 Å². The number of aromatic nitrogens is 2. The van der Waals surface area contributed by atoms with E-state index in [-0.39, 0.29) is 17.5 Å². The Morgan fingerprint density at radius 1 is 1.00 bits per heavy atom. The first kappa shape index (κ1) is 25.8. The molecule has 35 heavy (non-hydrogen) atoms. The van der Waals surface area contributed by atoms with Gasteiger partial charge >= 0.3 is 0 Å². The zero-order valence-corrected chi connectivity index (χ0v) is 21.8. The molecule has 3 aromatic rings. The largest absolute Gasteiger partial charge is 0.366 e. The number of nitrogens with one attached hydrogen (secondary N) is 1. The molecule has 1 aromatic heterocycles. The summed E-state index contributed by atoms with van der Waals surface area (Å²) in [5, 5.41) is 4.77. The molecule has 2 heterocycles. The van der Waals surface area contributed by atoms with Crippen LogP contribution in [0.2, 0.25) is 15.2 Å². The van der Waals surface area contributed by atoms with E-state index >= 15 is 0 Å². The minimum Gasteiger partial charge on any atom is -0.366 e. The van der Waals surface area contributed by atoms with E-state index in [9.17, 15) is 9.18 Å². The summed E-state index contributed by atoms with van der Waals surface area (Å²) in [7, 11) is 0. The molecule has 1 fully saturated rings. The molecule has 0 aliphatic carbocycles. The van der Waals surface area contributed by atoms with Crippen LogP contribution in [0.15, 0.2) is 53.7 Å². The highest BCUT2D eigenvalue weighted by Gasteiger charge is 2.21. The number of halogens is 4. The molecule has 0 bridgehead atoms. The van der Waals surface area contributed by atoms with Crippen molar-refractivity contribution in [3.05, 3.63) is 75.1 Å². The Labute approximate surface area is 222 Å². The second-order valence-electron chi connectivity index (χ2n) is 7.88. The van der Waals surface area contributed by atoms with Crippen molar-refractivity contribution in [2.24, 2.45) is 0 Å². The summed E-state index contributed by atoms with van der Waals surface area (Å²) in [6, 6.07) is 13.8. The summed E-state index contributed by atoms with van der Waals surface area (Å²) in [5.41, 5.74) is 1.52. The molecular formula is C24H23Cl3FN5OS. The van der Waals surface area contributed by atoms with Crippen LogP contribution in [0.1, 0.15) is 5.56 Å². The number of hydrogen-bond acceptors (Lipinski definition) is 6. The van der Waals surface area contributed by atoms with Crippen molar-refractivity contribution < 1.29 is 9.18 Å². The highest BCUT2D eigenvalue weighted by molar-refractivity contribution is 7.99. The van der Waals surface area contributed by atoms with E-state index in [1.54, 1.807) is 30.3 Å². The van der Waals surface area contributed by atoms with Gasteiger partial charge in [-0.3, -0.25) is 4.79 Å². The third kappa shape index (κ3) is 7.13. The topological polar surface area (TPSA) is 61.4 Å². The summed E-state index contributed by atoms with van der Waals surface area (Å²) in [6.07, 6.45) is 0.600. The van der Waals surface area contributed by atoms with Gasteiger partial charge in [-0.2, -0.15) is 0 Å². The van der Waals surface area contributed by atoms with Gasteiger partial charge in [0.2, 0.25) is 5.91 Å². The number of carbonyl (C=O) groups excluding carboxylic acids is 1. The number of piperazine rings is 1. The molecule has 2 aromatic carbocycles. The van der Waals surface area contributed by atoms with Crippen molar-refractivity contribution in [1.29, 1.82) is 0 Å². The minimum atomic E-state index is -0.223. The number of nitrogens with zero attached hydrogens (tertiary/aromatic N) is 4. The molecule has 1 N–H and O–H groups in total. The molecular weight excluding hydrogens is 532 g/mol. The predicted octanol–water partition coefficient (Wildman–Crippen LogP) is 5.35. The van der Waals surface area contributed by atoms with Gasteiger partial charge < -0.3 is 15.1 Å². The van der Waals surface area contributed by atoms with Gasteiger partial charge in [-0.25, -0.2) is 14.4 Å². The lowest BCUT2D eigenvalue weighted by molar-refractivity contribution is -0.118. The first-order valence-electron chi connectivity index (χ1n) is 11.0. The molecule has 1 saturated heterocycles. The zero-order chi connectivity index (χ0) is 24.8. The van der Waals surface area contributed by atoms with E-state index in [0.29, 0.717) is 71.0 Å². The van der Waals surface area contributed by atoms with Gasteiger partial charge in [0.1, 0.15) is 16.8 Å². The van der Waals surface area contributed by atoms with Gasteiger partial charge in [-0.1, -0.05) is 64.8 Å². The van der Waals surface area contributed by atoms with Crippen molar-refractivity contribution >= 4 is 64.0 Å². The van der Waals surface area contributed by atoms with Crippen molar-refractivity contribution in [3.63, 3.8) is 0 Å². The van der Waals surface area contributed by atoms with Gasteiger partial charge in [0.25, 0.3) is 0 Å². The van der Waals surface area contributed by atoms with Gasteiger partial charge in [0.05, 0.1) is 11.4 Å². The molecule has 0 radical (unpaired) electrons. The van der Waals surface area contributed by atoms with Crippen molar-refractivity contribution in [1.82, 2.24) is 15.3 Å². The molecule has 1 aliphatic rings. The first-order valence-corrected chi connectivity index (χ1v) is 13.1. The van der Waals surface area contributed by atoms with Gasteiger partial charge in [-0.15, -0.1) is 0 Å². The Morgan fingerprint density at radius 3 is 2.49 bits per heavy atom. The van der Waals surface area contributed by atoms with Crippen molar-refractivity contribution in [2.75, 3.05) is 48.3 Å². The minimum absolute atomic E-state index is 0.135. The Bertz CT molecular complexity index is 1190. The molecule has 0 spiro atoms. The molecule has 0 saturated carbocycles. The Hall–Kier alpha value is -2.26. The lowest BCUT2D eigenvalue weighted by Gasteiger charge is -2.36. The smallest absolute Gasteiger partial charge is 0.230 e. The lowest BCUT2D eigenvalue weighted by Crippen LogP contribution is -2.47. The van der Waals surface area contributed by atoms with E-state index < -0.39 is 0 Å². The number of anilines is 2. The Morgan fingerprint density at radius 2 is 1.74 bits per heavy atom. The maximum absolute atomic E-state index is 14.1. The maximum atomic E-state index is 14.1. The second-order valence-corrected chi connectivity index (χ2v) is 10.1. The molecule has 4 rings (SSSR count). The van der Waals surface area contributed by atoms with Crippen LogP contribution in [0.25, 0.3) is 0 Å². The fourth-order valence-electron chi connectivity index (χ4n) is 3.74. The summed E-state index contributed by atoms with van der Waals surface area (Å²) < 4.78 is 14.1. The van der Waals surface area contributed by atoms with Gasteiger partial charge in [-0.05, 0) is 36.2 Å². The Kier molecular flexibility index (Phi) is 8.94. The van der Waals surface area contributed by atoms with Crippen molar-refractivity contribution in [3.8, 4) is 0 Å². The number of para-hydroxylation sites is 1. The number of thioether (sulfide) groups is 1. The zero-order valence-electron chi connectivity index (χ0n) is 18.7. The average Bonchev–Trinajstić information content (AvgIpc) is 2.84. The van der Waals surface area contributed by atoms with Crippen LogP contribution in [0, 0.1) is 5.82 Å². The highest BCUT2D eigenvalue weighted by atomic mass is 35.5. The molecule has 0 atom stereocenters. The van der Waals surface area contributed by atoms with Crippen LogP contribution in [0.3, 0.4) is 0 Å². The fraction of sp³-hybridized carbons (Fsp3) is 0.292. The van der Waals surface area contributed by atoms with E-state index in [4.69, 9.17) is 34.8 Å². The molecule has 184 valence electrons. The number of hydrogen-bond donors (Lipinski definition) is 1. The number of benzene rings is 2. The lowest BCUT2D eigenvalue weighted by atomic mass is 10.1. The predicted molar refractivity (Wildman–Crippen MR) is 142 cm³/mol. The fourth-order valence-corrected chi connectivity index (χ4v) is 5.15. The number of rotatable bonds is 8. The van der Waals surface area contributed by atoms with Crippen molar-refractivity contribution in [2.45, 2.75) is 11.6 Å². The third-order valence-corrected chi connectivity index (χ3v) is 7.15. The normalized spacial score (nSPS) is 13.7. The van der Waals surface area contributed by atoms with E-state index in [1.165, 1.54) is 17.8 Å². The SMILES string of the molecule is O=C(CSc1nc(Cl)cc(N2CCN(c3ccccc3F)CC2)n1)NCCc1ccc(Cl)cc1Cl. The van der Waals surface area contributed by atoms with Crippen LogP contribution in [-0.4, -0.2) is 54.4 Å². The molecule has 11 heteroatoms. The van der Waals surface area contributed by atoms with Crippen LogP contribution in [-0.2, 0) is 11.2 Å². The summed E-state index contributed by atoms with van der Waals surface area (Å²) in [4.78, 5) is 25.2. The van der Waals surface area contributed by atoms with E-state index in [0.717, 1.165) is 5.56 Å². The number of carbonyl (C=O) groups is 1. The molecule has 0 unspecified atom stereocenters. The molecule has 1 aliphatic heterocycles. The van der Waals surface area contributed by atoms with Crippen LogP contribution in [0.4, 0.5) is 15.9 Å². The van der Waals surface area contributed by atoms with E-state index in [1.807, 2.05) is 17.0 Å². The maximum Gasteiger partial charge on any atom is 0.230 e. The molecule has 1 amide bonds. The number of amides is 1. The van der Waals surface area contributed by atoms with Gasteiger partial charge in [0.15, 0.2) is 5.16 Å². The quantitative estimate of drug-likeness (QED) is 0.230. The monoisotopic (exact) mass is 553 g/mol. The summed E-state index contributed by atoms with van der Waals surface area (Å²) >= 11 is 19.5. The summed E-state index contributed by atoms with van der Waals surface area (Å²) in [6.45, 7) is 3.10. The standard InChI is InChI=1S/C24H23Cl3FN5OS/c25-17-6-5-16(18(26)13-17)7-8-29-23(34)15-35-24-30-21(27)14-22(31-24)33-11-9-32(10-12-33)20-4-2-1-3-19(20)28/h1-6,13-14H,7-12,15H2,(H,29,34). The summed E-state index contributed by atoms with van der Waals surface area (Å²) in [5.74, 6) is 0.497. The third-order valence-electron chi connectivity index (χ3n) is 5.52. The Balaban J connectivity index is 1.27. The van der Waals surface area contributed by atoms with Crippen LogP contribution < -0.4 is 15.1 Å². The molecule has 6 nitrogen and oxygen atoms in total. The average molecular weight is 555 g/mol. The highest BCUT2D eigenvalue weighted by Crippen LogP contribution is 2.25. The van der Waals surface area contributed by atoms with E-state index in [2.05, 4.69) is 20.2 Å². The van der Waals surface area contributed by atoms with Crippen LogP contribution >= 0.6 is 46.6 Å². The second kappa shape index (κ2) is 12.1. The van der Waals surface area contributed by atoms with Gasteiger partial charge in [0, 0.05) is 48.8 Å². The first-order chi connectivity index (χ1) is 16.9.